The van der Waals surface area contributed by atoms with E-state index >= 15 is 0 Å². The van der Waals surface area contributed by atoms with E-state index < -0.39 is 0 Å². The number of fused-ring (bicyclic) bond motifs is 1. The highest BCUT2D eigenvalue weighted by atomic mass is 35.5. The van der Waals surface area contributed by atoms with E-state index in [1.165, 1.54) is 16.7 Å². The highest BCUT2D eigenvalue weighted by molar-refractivity contribution is 6.29. The highest BCUT2D eigenvalue weighted by Crippen LogP contribution is 2.30. The maximum Gasteiger partial charge on any atom is 0.129 e. The zero-order valence-corrected chi connectivity index (χ0v) is 14.0. The van der Waals surface area contributed by atoms with Gasteiger partial charge in [0.05, 0.1) is 17.1 Å². The Morgan fingerprint density at radius 3 is 2.45 bits per heavy atom. The topological polar surface area (TPSA) is 25.2 Å². The van der Waals surface area contributed by atoms with Crippen molar-refractivity contribution < 1.29 is 0 Å². The van der Waals surface area contributed by atoms with Crippen LogP contribution in [0, 0.1) is 0 Å². The predicted octanol–water partition coefficient (Wildman–Crippen LogP) is 5.32. The molecule has 1 aromatic carbocycles. The third kappa shape index (κ3) is 2.93. The largest absolute Gasteiger partial charge is 0.251 e. The molecule has 1 heterocycles. The molecule has 0 unspecified atom stereocenters. The van der Waals surface area contributed by atoms with Crippen molar-refractivity contribution in [3.05, 3.63) is 57.9 Å². The van der Waals surface area contributed by atoms with E-state index in [1.807, 2.05) is 6.07 Å². The Hall–Kier alpha value is -1.67. The molecule has 0 saturated carbocycles. The number of halogens is 1. The number of aromatic nitrogens is 1. The maximum absolute atomic E-state index is 6.10. The molecule has 1 aliphatic rings. The first-order valence-corrected chi connectivity index (χ1v) is 8.44. The van der Waals surface area contributed by atoms with Crippen molar-refractivity contribution >= 4 is 23.0 Å². The van der Waals surface area contributed by atoms with E-state index in [0.29, 0.717) is 5.15 Å². The van der Waals surface area contributed by atoms with E-state index in [0.717, 1.165) is 49.2 Å². The number of pyridine rings is 1. The maximum atomic E-state index is 6.10. The summed E-state index contributed by atoms with van der Waals surface area (Å²) in [5.41, 5.74) is 7.09. The van der Waals surface area contributed by atoms with Gasteiger partial charge < -0.3 is 0 Å². The van der Waals surface area contributed by atoms with Gasteiger partial charge in [0, 0.05) is 0 Å². The Labute approximate surface area is 137 Å². The first-order chi connectivity index (χ1) is 10.7. The van der Waals surface area contributed by atoms with Gasteiger partial charge in [0.15, 0.2) is 0 Å². The fourth-order valence-corrected chi connectivity index (χ4v) is 3.23. The fraction of sp³-hybridized carbons (Fsp3) is 0.368. The number of hydrogen-bond acceptors (Lipinski definition) is 2. The van der Waals surface area contributed by atoms with Gasteiger partial charge in [-0.1, -0.05) is 49.7 Å². The molecule has 0 bridgehead atoms. The minimum absolute atomic E-state index is 0.549. The van der Waals surface area contributed by atoms with Crippen LogP contribution in [0.25, 0.3) is 0 Å². The number of rotatable bonds is 3. The molecule has 0 N–H and O–H groups in total. The molecule has 114 valence electrons. The summed E-state index contributed by atoms with van der Waals surface area (Å²) in [7, 11) is 0. The number of benzene rings is 1. The van der Waals surface area contributed by atoms with Gasteiger partial charge in [0.1, 0.15) is 5.15 Å². The molecule has 0 fully saturated rings. The molecule has 0 saturated heterocycles. The van der Waals surface area contributed by atoms with Gasteiger partial charge in [-0.2, -0.15) is 0 Å². The van der Waals surface area contributed by atoms with Crippen molar-refractivity contribution in [2.75, 3.05) is 0 Å². The van der Waals surface area contributed by atoms with E-state index in [4.69, 9.17) is 16.6 Å². The molecule has 0 spiro atoms. The quantitative estimate of drug-likeness (QED) is 0.704. The van der Waals surface area contributed by atoms with E-state index in [1.54, 1.807) is 0 Å². The van der Waals surface area contributed by atoms with Crippen LogP contribution in [0.3, 0.4) is 0 Å². The van der Waals surface area contributed by atoms with Crippen LogP contribution in [0.4, 0.5) is 5.69 Å². The highest BCUT2D eigenvalue weighted by Gasteiger charge is 2.18. The molecule has 1 aliphatic carbocycles. The molecule has 0 atom stereocenters. The van der Waals surface area contributed by atoms with E-state index in [9.17, 15) is 0 Å². The second kappa shape index (κ2) is 6.62. The molecule has 0 amide bonds. The van der Waals surface area contributed by atoms with E-state index in [2.05, 4.69) is 43.1 Å². The predicted molar refractivity (Wildman–Crippen MR) is 93.6 cm³/mol. The summed E-state index contributed by atoms with van der Waals surface area (Å²) in [5, 5.41) is 0.549. The number of aryl methyl sites for hydroxylation is 3. The normalized spacial score (nSPS) is 15.9. The fourth-order valence-electron chi connectivity index (χ4n) is 3.08. The number of para-hydroxylation sites is 1. The average molecular weight is 313 g/mol. The van der Waals surface area contributed by atoms with Crippen molar-refractivity contribution in [3.63, 3.8) is 0 Å². The van der Waals surface area contributed by atoms with Crippen LogP contribution in [0.15, 0.2) is 35.3 Å². The van der Waals surface area contributed by atoms with Gasteiger partial charge in [-0.05, 0) is 54.9 Å². The van der Waals surface area contributed by atoms with Crippen LogP contribution in [0.1, 0.15) is 49.1 Å². The van der Waals surface area contributed by atoms with Crippen LogP contribution in [-0.4, -0.2) is 10.7 Å². The summed E-state index contributed by atoms with van der Waals surface area (Å²) in [6.45, 7) is 4.37. The molecule has 0 radical (unpaired) electrons. The van der Waals surface area contributed by atoms with Crippen LogP contribution in [-0.2, 0) is 19.3 Å². The molecule has 2 nitrogen and oxygen atoms in total. The monoisotopic (exact) mass is 312 g/mol. The first kappa shape index (κ1) is 15.2. The Kier molecular flexibility index (Phi) is 4.58. The van der Waals surface area contributed by atoms with Crippen molar-refractivity contribution in [1.29, 1.82) is 0 Å². The molecule has 2 aromatic rings. The minimum Gasteiger partial charge on any atom is -0.251 e. The Morgan fingerprint density at radius 1 is 1.05 bits per heavy atom. The molecule has 0 aliphatic heterocycles. The van der Waals surface area contributed by atoms with Crippen LogP contribution in [0.5, 0.6) is 0 Å². The Balaban J connectivity index is 2.13. The van der Waals surface area contributed by atoms with Crippen LogP contribution in [0.2, 0.25) is 5.15 Å². The lowest BCUT2D eigenvalue weighted by Gasteiger charge is -2.18. The van der Waals surface area contributed by atoms with Gasteiger partial charge in [-0.3, -0.25) is 4.99 Å². The molecular weight excluding hydrogens is 292 g/mol. The number of aliphatic imine (C=N–C) groups is 1. The third-order valence-corrected chi connectivity index (χ3v) is 4.50. The van der Waals surface area contributed by atoms with Crippen molar-refractivity contribution in [2.24, 2.45) is 4.99 Å². The zero-order valence-electron chi connectivity index (χ0n) is 13.2. The van der Waals surface area contributed by atoms with Crippen LogP contribution >= 0.6 is 11.6 Å². The van der Waals surface area contributed by atoms with E-state index in [-0.39, 0.29) is 0 Å². The van der Waals surface area contributed by atoms with Crippen molar-refractivity contribution in [1.82, 2.24) is 4.98 Å². The number of hydrogen-bond donors (Lipinski definition) is 0. The average Bonchev–Trinajstić information content (AvgIpc) is 2.55. The molecule has 1 aromatic heterocycles. The second-order valence-corrected chi connectivity index (χ2v) is 6.07. The lowest BCUT2D eigenvalue weighted by atomic mass is 9.94. The smallest absolute Gasteiger partial charge is 0.129 e. The lowest BCUT2D eigenvalue weighted by molar-refractivity contribution is 0.826. The summed E-state index contributed by atoms with van der Waals surface area (Å²) >= 11 is 6.10. The molecule has 22 heavy (non-hydrogen) atoms. The lowest BCUT2D eigenvalue weighted by Crippen LogP contribution is -2.14. The summed E-state index contributed by atoms with van der Waals surface area (Å²) in [6.07, 6.45) is 5.16. The number of nitrogens with zero attached hydrogens (tertiary/aromatic N) is 2. The summed E-state index contributed by atoms with van der Waals surface area (Å²) in [4.78, 5) is 9.57. The van der Waals surface area contributed by atoms with Gasteiger partial charge >= 0.3 is 0 Å². The van der Waals surface area contributed by atoms with Gasteiger partial charge in [0.2, 0.25) is 0 Å². The molecule has 3 rings (SSSR count). The van der Waals surface area contributed by atoms with Crippen molar-refractivity contribution in [3.8, 4) is 0 Å². The SMILES string of the molecule is CCc1cccc(CC)c1N=C1CCCc2ccc(Cl)nc21. The first-order valence-electron chi connectivity index (χ1n) is 8.07. The third-order valence-electron chi connectivity index (χ3n) is 4.29. The summed E-state index contributed by atoms with van der Waals surface area (Å²) in [6, 6.07) is 10.4. The molecular formula is C19H21ClN2. The standard InChI is InChI=1S/C19H21ClN2/c1-3-13-7-5-8-14(4-2)18(13)21-16-10-6-9-15-11-12-17(20)22-19(15)16/h5,7-8,11-12H,3-4,6,9-10H2,1-2H3. The molecule has 3 heteroatoms. The Bertz CT molecular complexity index is 697. The summed E-state index contributed by atoms with van der Waals surface area (Å²) in [5.74, 6) is 0. The van der Waals surface area contributed by atoms with Crippen molar-refractivity contribution in [2.45, 2.75) is 46.0 Å². The second-order valence-electron chi connectivity index (χ2n) is 5.69. The van der Waals surface area contributed by atoms with Gasteiger partial charge in [0.25, 0.3) is 0 Å². The van der Waals surface area contributed by atoms with Gasteiger partial charge in [-0.25, -0.2) is 4.98 Å². The minimum atomic E-state index is 0.549. The summed E-state index contributed by atoms with van der Waals surface area (Å²) < 4.78 is 0. The Morgan fingerprint density at radius 2 is 1.77 bits per heavy atom. The van der Waals surface area contributed by atoms with Crippen LogP contribution < -0.4 is 0 Å². The zero-order chi connectivity index (χ0) is 15.5. The van der Waals surface area contributed by atoms with Gasteiger partial charge in [-0.15, -0.1) is 0 Å².